The fraction of sp³-hybridized carbons (Fsp3) is 0.333. The molecule has 3 N–H and O–H groups in total. The van der Waals surface area contributed by atoms with E-state index in [0.717, 1.165) is 22.4 Å². The average molecular weight is 151 g/mol. The molecule has 0 aromatic heterocycles. The number of rotatable bonds is 1. The summed E-state index contributed by atoms with van der Waals surface area (Å²) in [6.45, 7) is 3.97. The van der Waals surface area contributed by atoms with E-state index in [4.69, 9.17) is 10.8 Å². The van der Waals surface area contributed by atoms with Crippen molar-refractivity contribution in [3.63, 3.8) is 0 Å². The number of hydrogen-bond donors (Lipinski definition) is 2. The van der Waals surface area contributed by atoms with E-state index in [2.05, 4.69) is 0 Å². The number of nitrogens with two attached hydrogens (primary N) is 1. The van der Waals surface area contributed by atoms with Crippen LogP contribution in [0.1, 0.15) is 16.7 Å². The Hall–Kier alpha value is -1.02. The molecular weight excluding hydrogens is 138 g/mol. The summed E-state index contributed by atoms with van der Waals surface area (Å²) in [7, 11) is 0. The second-order valence-electron chi connectivity index (χ2n) is 2.73. The molecule has 0 spiro atoms. The quantitative estimate of drug-likeness (QED) is 0.595. The first-order chi connectivity index (χ1) is 5.16. The van der Waals surface area contributed by atoms with E-state index >= 15 is 0 Å². The van der Waals surface area contributed by atoms with Gasteiger partial charge in [0.05, 0.1) is 6.61 Å². The van der Waals surface area contributed by atoms with Crippen molar-refractivity contribution in [1.29, 1.82) is 0 Å². The number of aryl methyl sites for hydroxylation is 1. The van der Waals surface area contributed by atoms with Crippen LogP contribution in [0.25, 0.3) is 0 Å². The molecule has 1 aromatic carbocycles. The fourth-order valence-corrected chi connectivity index (χ4v) is 1.15. The molecule has 1 rings (SSSR count). The van der Waals surface area contributed by atoms with Gasteiger partial charge in [0.25, 0.3) is 0 Å². The molecule has 0 atom stereocenters. The summed E-state index contributed by atoms with van der Waals surface area (Å²) in [6, 6.07) is 3.79. The summed E-state index contributed by atoms with van der Waals surface area (Å²) >= 11 is 0. The molecule has 0 amide bonds. The smallest absolute Gasteiger partial charge is 0.0687 e. The van der Waals surface area contributed by atoms with Gasteiger partial charge >= 0.3 is 0 Å². The lowest BCUT2D eigenvalue weighted by atomic mass is 10.0. The Balaban J connectivity index is 3.29. The van der Waals surface area contributed by atoms with Crippen molar-refractivity contribution in [3.8, 4) is 0 Å². The molecule has 0 unspecified atom stereocenters. The van der Waals surface area contributed by atoms with E-state index in [1.807, 2.05) is 26.0 Å². The van der Waals surface area contributed by atoms with Crippen molar-refractivity contribution in [1.82, 2.24) is 0 Å². The van der Waals surface area contributed by atoms with Gasteiger partial charge < -0.3 is 10.8 Å². The fourth-order valence-electron chi connectivity index (χ4n) is 1.15. The number of aliphatic hydroxyl groups is 1. The van der Waals surface area contributed by atoms with Crippen molar-refractivity contribution in [2.45, 2.75) is 20.5 Å². The molecule has 0 heterocycles. The van der Waals surface area contributed by atoms with E-state index in [9.17, 15) is 0 Å². The largest absolute Gasteiger partial charge is 0.399 e. The van der Waals surface area contributed by atoms with Crippen molar-refractivity contribution in [2.75, 3.05) is 5.73 Å². The molecule has 0 saturated carbocycles. The molecular formula is C9H13NO. The summed E-state index contributed by atoms with van der Waals surface area (Å²) in [5, 5.41) is 8.97. The summed E-state index contributed by atoms with van der Waals surface area (Å²) in [5.74, 6) is 0. The first-order valence-corrected chi connectivity index (χ1v) is 3.62. The van der Waals surface area contributed by atoms with Gasteiger partial charge in [-0.05, 0) is 36.6 Å². The van der Waals surface area contributed by atoms with Crippen LogP contribution in [0, 0.1) is 13.8 Å². The molecule has 1 aromatic rings. The summed E-state index contributed by atoms with van der Waals surface area (Å²) in [4.78, 5) is 0. The maximum absolute atomic E-state index is 8.97. The van der Waals surface area contributed by atoms with E-state index in [0.29, 0.717) is 0 Å². The van der Waals surface area contributed by atoms with Gasteiger partial charge in [-0.3, -0.25) is 0 Å². The highest BCUT2D eigenvalue weighted by Gasteiger charge is 2.02. The number of hydrogen-bond acceptors (Lipinski definition) is 2. The third-order valence-corrected chi connectivity index (χ3v) is 2.03. The van der Waals surface area contributed by atoms with Gasteiger partial charge in [-0.15, -0.1) is 0 Å². The monoisotopic (exact) mass is 151 g/mol. The summed E-state index contributed by atoms with van der Waals surface area (Å²) < 4.78 is 0. The van der Waals surface area contributed by atoms with Gasteiger partial charge in [-0.25, -0.2) is 0 Å². The van der Waals surface area contributed by atoms with E-state index in [1.165, 1.54) is 0 Å². The van der Waals surface area contributed by atoms with Crippen LogP contribution in [0.4, 0.5) is 5.69 Å². The van der Waals surface area contributed by atoms with Gasteiger partial charge in [-0.2, -0.15) is 0 Å². The van der Waals surface area contributed by atoms with Gasteiger partial charge in [0.2, 0.25) is 0 Å². The number of aliphatic hydroxyl groups excluding tert-OH is 1. The van der Waals surface area contributed by atoms with E-state index in [-0.39, 0.29) is 6.61 Å². The van der Waals surface area contributed by atoms with Crippen molar-refractivity contribution >= 4 is 5.69 Å². The van der Waals surface area contributed by atoms with Crippen LogP contribution >= 0.6 is 0 Å². The molecule has 2 nitrogen and oxygen atoms in total. The summed E-state index contributed by atoms with van der Waals surface area (Å²) in [5.41, 5.74) is 9.44. The molecule has 0 aliphatic rings. The van der Waals surface area contributed by atoms with Crippen LogP contribution < -0.4 is 5.73 Å². The first-order valence-electron chi connectivity index (χ1n) is 3.62. The minimum absolute atomic E-state index is 0.0721. The third-order valence-electron chi connectivity index (χ3n) is 2.03. The van der Waals surface area contributed by atoms with Crippen molar-refractivity contribution in [2.24, 2.45) is 0 Å². The SMILES string of the molecule is Cc1ccc(N)c(C)c1CO. The molecule has 0 bridgehead atoms. The van der Waals surface area contributed by atoms with Crippen LogP contribution in [0.5, 0.6) is 0 Å². The van der Waals surface area contributed by atoms with Crippen molar-refractivity contribution in [3.05, 3.63) is 28.8 Å². The normalized spacial score (nSPS) is 10.1. The van der Waals surface area contributed by atoms with Crippen LogP contribution in [-0.4, -0.2) is 5.11 Å². The van der Waals surface area contributed by atoms with Gasteiger partial charge in [-0.1, -0.05) is 6.07 Å². The molecule has 11 heavy (non-hydrogen) atoms. The predicted octanol–water partition coefficient (Wildman–Crippen LogP) is 1.38. The Labute approximate surface area is 66.7 Å². The van der Waals surface area contributed by atoms with Crippen molar-refractivity contribution < 1.29 is 5.11 Å². The lowest BCUT2D eigenvalue weighted by molar-refractivity contribution is 0.280. The molecule has 0 radical (unpaired) electrons. The number of anilines is 1. The zero-order chi connectivity index (χ0) is 8.43. The molecule has 2 heteroatoms. The Bertz CT molecular complexity index is 269. The Morgan fingerprint density at radius 3 is 2.45 bits per heavy atom. The zero-order valence-electron chi connectivity index (χ0n) is 6.89. The summed E-state index contributed by atoms with van der Waals surface area (Å²) in [6.07, 6.45) is 0. The maximum Gasteiger partial charge on any atom is 0.0687 e. The van der Waals surface area contributed by atoms with Crippen LogP contribution in [0.15, 0.2) is 12.1 Å². The molecule has 0 saturated heterocycles. The second-order valence-corrected chi connectivity index (χ2v) is 2.73. The minimum atomic E-state index is 0.0721. The Kier molecular flexibility index (Phi) is 2.15. The highest BCUT2D eigenvalue weighted by Crippen LogP contribution is 2.19. The average Bonchev–Trinajstić information content (AvgIpc) is 1.99. The Morgan fingerprint density at radius 1 is 1.36 bits per heavy atom. The number of benzene rings is 1. The van der Waals surface area contributed by atoms with Crippen LogP contribution in [0.2, 0.25) is 0 Å². The number of nitrogen functional groups attached to an aromatic ring is 1. The lowest BCUT2D eigenvalue weighted by Gasteiger charge is -2.08. The first kappa shape index (κ1) is 8.08. The van der Waals surface area contributed by atoms with Crippen LogP contribution in [0.3, 0.4) is 0 Å². The van der Waals surface area contributed by atoms with Gasteiger partial charge in [0.1, 0.15) is 0 Å². The third kappa shape index (κ3) is 1.35. The second kappa shape index (κ2) is 2.93. The molecule has 0 fully saturated rings. The highest BCUT2D eigenvalue weighted by atomic mass is 16.3. The van der Waals surface area contributed by atoms with E-state index < -0.39 is 0 Å². The zero-order valence-corrected chi connectivity index (χ0v) is 6.89. The van der Waals surface area contributed by atoms with E-state index in [1.54, 1.807) is 0 Å². The lowest BCUT2D eigenvalue weighted by Crippen LogP contribution is -1.97. The molecule has 0 aliphatic heterocycles. The topological polar surface area (TPSA) is 46.2 Å². The highest BCUT2D eigenvalue weighted by molar-refractivity contribution is 5.52. The van der Waals surface area contributed by atoms with Crippen LogP contribution in [-0.2, 0) is 6.61 Å². The van der Waals surface area contributed by atoms with Gasteiger partial charge in [0.15, 0.2) is 0 Å². The molecule has 0 aliphatic carbocycles. The predicted molar refractivity (Wildman–Crippen MR) is 46.3 cm³/mol. The Morgan fingerprint density at radius 2 is 2.00 bits per heavy atom. The molecule has 60 valence electrons. The minimum Gasteiger partial charge on any atom is -0.399 e. The van der Waals surface area contributed by atoms with Gasteiger partial charge in [0, 0.05) is 5.69 Å². The maximum atomic E-state index is 8.97. The standard InChI is InChI=1S/C9H13NO/c1-6-3-4-9(10)7(2)8(6)5-11/h3-4,11H,5,10H2,1-2H3.